The molecule has 0 saturated heterocycles. The van der Waals surface area contributed by atoms with Crippen molar-refractivity contribution in [3.63, 3.8) is 0 Å². The van der Waals surface area contributed by atoms with Gasteiger partial charge >= 0.3 is 0 Å². The summed E-state index contributed by atoms with van der Waals surface area (Å²) in [6.07, 6.45) is 0.930. The first-order valence-electron chi connectivity index (χ1n) is 7.19. The SMILES string of the molecule is CCc1cccc(CC(SCC(O)CO)C(C)C)c1O. The zero-order chi connectivity index (χ0) is 15.1. The smallest absolute Gasteiger partial charge is 0.121 e. The van der Waals surface area contributed by atoms with Crippen molar-refractivity contribution in [3.05, 3.63) is 29.3 Å². The maximum Gasteiger partial charge on any atom is 0.121 e. The number of hydrogen-bond donors (Lipinski definition) is 3. The van der Waals surface area contributed by atoms with Gasteiger partial charge in [-0.1, -0.05) is 39.0 Å². The minimum absolute atomic E-state index is 0.200. The molecule has 2 atom stereocenters. The molecule has 0 aliphatic carbocycles. The molecule has 0 radical (unpaired) electrons. The van der Waals surface area contributed by atoms with Gasteiger partial charge in [0.05, 0.1) is 12.7 Å². The van der Waals surface area contributed by atoms with Crippen LogP contribution in [0.15, 0.2) is 18.2 Å². The number of aliphatic hydroxyl groups is 2. The highest BCUT2D eigenvalue weighted by atomic mass is 32.2. The number of phenols is 1. The van der Waals surface area contributed by atoms with Gasteiger partial charge in [0.15, 0.2) is 0 Å². The Bertz CT molecular complexity index is 407. The lowest BCUT2D eigenvalue weighted by Crippen LogP contribution is -2.21. The Morgan fingerprint density at radius 1 is 1.20 bits per heavy atom. The summed E-state index contributed by atoms with van der Waals surface area (Å²) >= 11 is 1.66. The van der Waals surface area contributed by atoms with Crippen LogP contribution in [0.25, 0.3) is 0 Å². The first-order valence-corrected chi connectivity index (χ1v) is 8.24. The Morgan fingerprint density at radius 3 is 2.40 bits per heavy atom. The van der Waals surface area contributed by atoms with Crippen LogP contribution in [0, 0.1) is 5.92 Å². The fraction of sp³-hybridized carbons (Fsp3) is 0.625. The van der Waals surface area contributed by atoms with Crippen molar-refractivity contribution >= 4 is 11.8 Å². The van der Waals surface area contributed by atoms with Crippen molar-refractivity contribution in [2.75, 3.05) is 12.4 Å². The second-order valence-electron chi connectivity index (χ2n) is 5.43. The summed E-state index contributed by atoms with van der Waals surface area (Å²) in [7, 11) is 0. The Kier molecular flexibility index (Phi) is 7.41. The van der Waals surface area contributed by atoms with E-state index in [1.807, 2.05) is 25.1 Å². The van der Waals surface area contributed by atoms with E-state index in [-0.39, 0.29) is 6.61 Å². The molecule has 2 unspecified atom stereocenters. The summed E-state index contributed by atoms with van der Waals surface area (Å²) in [6, 6.07) is 5.90. The van der Waals surface area contributed by atoms with E-state index in [1.54, 1.807) is 11.8 Å². The Morgan fingerprint density at radius 2 is 1.85 bits per heavy atom. The summed E-state index contributed by atoms with van der Waals surface area (Å²) < 4.78 is 0. The predicted octanol–water partition coefficient (Wildman–Crippen LogP) is 2.61. The fourth-order valence-electron chi connectivity index (χ4n) is 2.09. The van der Waals surface area contributed by atoms with Crippen LogP contribution in [0.2, 0.25) is 0 Å². The van der Waals surface area contributed by atoms with Gasteiger partial charge in [0.2, 0.25) is 0 Å². The molecule has 0 aromatic heterocycles. The van der Waals surface area contributed by atoms with Crippen LogP contribution in [0.3, 0.4) is 0 Å². The van der Waals surface area contributed by atoms with Gasteiger partial charge in [0.1, 0.15) is 5.75 Å². The molecule has 20 heavy (non-hydrogen) atoms. The molecular weight excluding hydrogens is 272 g/mol. The number of hydrogen-bond acceptors (Lipinski definition) is 4. The molecule has 3 nitrogen and oxygen atoms in total. The molecule has 0 spiro atoms. The minimum Gasteiger partial charge on any atom is -0.507 e. The van der Waals surface area contributed by atoms with Crippen molar-refractivity contribution in [1.29, 1.82) is 0 Å². The summed E-state index contributed by atoms with van der Waals surface area (Å²) in [6.45, 7) is 6.12. The fourth-order valence-corrected chi connectivity index (χ4v) is 3.34. The average molecular weight is 298 g/mol. The Balaban J connectivity index is 2.75. The van der Waals surface area contributed by atoms with Crippen molar-refractivity contribution in [2.24, 2.45) is 5.92 Å². The Labute approximate surface area is 126 Å². The number of aryl methyl sites for hydroxylation is 1. The highest BCUT2D eigenvalue weighted by molar-refractivity contribution is 7.99. The number of para-hydroxylation sites is 1. The molecule has 1 aromatic rings. The quantitative estimate of drug-likeness (QED) is 0.690. The third-order valence-electron chi connectivity index (χ3n) is 3.46. The standard InChI is InChI=1S/C16H26O3S/c1-4-12-6-5-7-13(16(12)19)8-15(11(2)3)20-10-14(18)9-17/h5-7,11,14-15,17-19H,4,8-10H2,1-3H3. The lowest BCUT2D eigenvalue weighted by Gasteiger charge is -2.22. The van der Waals surface area contributed by atoms with E-state index in [9.17, 15) is 10.2 Å². The second-order valence-corrected chi connectivity index (χ2v) is 6.71. The van der Waals surface area contributed by atoms with Gasteiger partial charge in [-0.3, -0.25) is 0 Å². The number of thioether (sulfide) groups is 1. The van der Waals surface area contributed by atoms with Gasteiger partial charge in [-0.25, -0.2) is 0 Å². The summed E-state index contributed by atoms with van der Waals surface area (Å²) in [5.74, 6) is 1.37. The van der Waals surface area contributed by atoms with Gasteiger partial charge in [-0.05, 0) is 29.9 Å². The van der Waals surface area contributed by atoms with Crippen LogP contribution in [-0.4, -0.2) is 39.0 Å². The monoisotopic (exact) mass is 298 g/mol. The van der Waals surface area contributed by atoms with Crippen molar-refractivity contribution < 1.29 is 15.3 Å². The molecule has 0 bridgehead atoms. The van der Waals surface area contributed by atoms with E-state index in [0.717, 1.165) is 24.0 Å². The van der Waals surface area contributed by atoms with Crippen LogP contribution < -0.4 is 0 Å². The first kappa shape index (κ1) is 17.3. The maximum absolute atomic E-state index is 10.2. The van der Waals surface area contributed by atoms with Crippen LogP contribution in [-0.2, 0) is 12.8 Å². The molecule has 114 valence electrons. The van der Waals surface area contributed by atoms with Crippen LogP contribution in [0.1, 0.15) is 31.9 Å². The largest absolute Gasteiger partial charge is 0.507 e. The molecule has 1 aromatic carbocycles. The summed E-state index contributed by atoms with van der Waals surface area (Å²) in [4.78, 5) is 0. The molecule has 0 heterocycles. The van der Waals surface area contributed by atoms with Gasteiger partial charge in [0, 0.05) is 11.0 Å². The van der Waals surface area contributed by atoms with Gasteiger partial charge in [0.25, 0.3) is 0 Å². The second kappa shape index (κ2) is 8.55. The van der Waals surface area contributed by atoms with Crippen LogP contribution in [0.5, 0.6) is 5.75 Å². The van der Waals surface area contributed by atoms with E-state index in [4.69, 9.17) is 5.11 Å². The van der Waals surface area contributed by atoms with Crippen molar-refractivity contribution in [3.8, 4) is 5.75 Å². The number of rotatable bonds is 8. The van der Waals surface area contributed by atoms with E-state index in [1.165, 1.54) is 0 Å². The van der Waals surface area contributed by atoms with Gasteiger partial charge in [-0.2, -0.15) is 11.8 Å². The molecule has 3 N–H and O–H groups in total. The molecule has 0 aliphatic heterocycles. The van der Waals surface area contributed by atoms with Gasteiger partial charge < -0.3 is 15.3 Å². The molecule has 0 aliphatic rings. The Hall–Kier alpha value is -0.710. The number of phenolic OH excluding ortho intramolecular Hbond substituents is 1. The molecule has 0 saturated carbocycles. The van der Waals surface area contributed by atoms with E-state index in [2.05, 4.69) is 13.8 Å². The summed E-state index contributed by atoms with van der Waals surface area (Å²) in [5, 5.41) is 28.9. The lowest BCUT2D eigenvalue weighted by molar-refractivity contribution is 0.113. The molecule has 0 amide bonds. The third-order valence-corrected chi connectivity index (χ3v) is 5.18. The van der Waals surface area contributed by atoms with E-state index >= 15 is 0 Å². The third kappa shape index (κ3) is 5.00. The number of aliphatic hydroxyl groups excluding tert-OH is 2. The summed E-state index contributed by atoms with van der Waals surface area (Å²) in [5.41, 5.74) is 1.94. The average Bonchev–Trinajstić information content (AvgIpc) is 2.44. The van der Waals surface area contributed by atoms with Gasteiger partial charge in [-0.15, -0.1) is 0 Å². The molecule has 0 fully saturated rings. The van der Waals surface area contributed by atoms with E-state index < -0.39 is 6.10 Å². The highest BCUT2D eigenvalue weighted by Crippen LogP contribution is 2.30. The predicted molar refractivity (Wildman–Crippen MR) is 85.4 cm³/mol. The lowest BCUT2D eigenvalue weighted by atomic mass is 9.98. The normalized spacial score (nSPS) is 14.5. The van der Waals surface area contributed by atoms with Crippen molar-refractivity contribution in [2.45, 2.75) is 45.0 Å². The first-order chi connectivity index (χ1) is 9.49. The topological polar surface area (TPSA) is 60.7 Å². The zero-order valence-electron chi connectivity index (χ0n) is 12.5. The maximum atomic E-state index is 10.2. The minimum atomic E-state index is -0.670. The number of aromatic hydroxyl groups is 1. The number of benzene rings is 1. The highest BCUT2D eigenvalue weighted by Gasteiger charge is 2.18. The zero-order valence-corrected chi connectivity index (χ0v) is 13.4. The van der Waals surface area contributed by atoms with Crippen LogP contribution >= 0.6 is 11.8 Å². The van der Waals surface area contributed by atoms with Crippen LogP contribution in [0.4, 0.5) is 0 Å². The van der Waals surface area contributed by atoms with Crippen molar-refractivity contribution in [1.82, 2.24) is 0 Å². The molecular formula is C16H26O3S. The molecule has 4 heteroatoms. The van der Waals surface area contributed by atoms with E-state index in [0.29, 0.717) is 22.7 Å². The molecule has 1 rings (SSSR count).